The van der Waals surface area contributed by atoms with Gasteiger partial charge in [0.15, 0.2) is 0 Å². The van der Waals surface area contributed by atoms with Gasteiger partial charge in [-0.25, -0.2) is 8.42 Å². The van der Waals surface area contributed by atoms with E-state index in [1.807, 2.05) is 0 Å². The molecule has 1 saturated heterocycles. The average molecular weight is 566 g/mol. The third kappa shape index (κ3) is 5.86. The van der Waals surface area contributed by atoms with E-state index in [2.05, 4.69) is 0 Å². The number of carbonyl (C=O) groups is 1. The van der Waals surface area contributed by atoms with Gasteiger partial charge in [-0.1, -0.05) is 35.3 Å². The van der Waals surface area contributed by atoms with Crippen molar-refractivity contribution < 1.29 is 28.0 Å². The van der Waals surface area contributed by atoms with Crippen molar-refractivity contribution in [3.05, 3.63) is 92.0 Å². The zero-order valence-electron chi connectivity index (χ0n) is 19.2. The molecule has 0 spiro atoms. The van der Waals surface area contributed by atoms with Crippen LogP contribution in [0.4, 0.5) is 5.69 Å². The number of ether oxygens (including phenoxy) is 1. The Hall–Kier alpha value is -3.22. The van der Waals surface area contributed by atoms with E-state index >= 15 is 0 Å². The topological polar surface area (TPSA) is 130 Å². The Morgan fingerprint density at radius 1 is 0.973 bits per heavy atom. The molecular formula is C24H21Cl2N3O7S. The first-order chi connectivity index (χ1) is 17.6. The smallest absolute Gasteiger partial charge is 0.271 e. The number of nitro groups is 1. The standard InChI is InChI=1S/C24H21Cl2N3O7S/c25-18-5-7-20(26)22(13-18)36-21-8-6-19(29(32)33)14-23(21)37(34,35)28-11-9-27(10-12-28)24(31)17-3-1-16(15-30)2-4-17/h1-8,13-14,30H,9-12,15H2. The van der Waals surface area contributed by atoms with Crippen molar-refractivity contribution in [3.8, 4) is 11.5 Å². The lowest BCUT2D eigenvalue weighted by atomic mass is 10.1. The molecule has 0 radical (unpaired) electrons. The van der Waals surface area contributed by atoms with E-state index in [1.165, 1.54) is 29.2 Å². The summed E-state index contributed by atoms with van der Waals surface area (Å²) in [7, 11) is -4.25. The largest absolute Gasteiger partial charge is 0.454 e. The molecule has 10 nitrogen and oxygen atoms in total. The lowest BCUT2D eigenvalue weighted by molar-refractivity contribution is -0.385. The molecule has 0 atom stereocenters. The summed E-state index contributed by atoms with van der Waals surface area (Å²) in [4.78, 5) is 24.6. The first-order valence-electron chi connectivity index (χ1n) is 11.0. The summed E-state index contributed by atoms with van der Waals surface area (Å²) in [5.74, 6) is -0.337. The van der Waals surface area contributed by atoms with Gasteiger partial charge in [0, 0.05) is 55.0 Å². The van der Waals surface area contributed by atoms with Crippen LogP contribution in [0.15, 0.2) is 65.6 Å². The number of amides is 1. The molecule has 0 bridgehead atoms. The van der Waals surface area contributed by atoms with Crippen LogP contribution < -0.4 is 4.74 Å². The molecule has 4 rings (SSSR count). The Bertz CT molecular complexity index is 1440. The van der Waals surface area contributed by atoms with E-state index in [-0.39, 0.29) is 55.2 Å². The summed E-state index contributed by atoms with van der Waals surface area (Å²) < 4.78 is 34.1. The summed E-state index contributed by atoms with van der Waals surface area (Å²) in [6.45, 7) is 0.0413. The van der Waals surface area contributed by atoms with Gasteiger partial charge in [-0.05, 0) is 35.9 Å². The Morgan fingerprint density at radius 2 is 1.65 bits per heavy atom. The van der Waals surface area contributed by atoms with Gasteiger partial charge >= 0.3 is 0 Å². The van der Waals surface area contributed by atoms with Crippen LogP contribution in [0.2, 0.25) is 10.0 Å². The Balaban J connectivity index is 1.58. The van der Waals surface area contributed by atoms with Crippen LogP contribution in [-0.4, -0.2) is 59.7 Å². The molecule has 1 aliphatic rings. The Labute approximate surface area is 222 Å². The highest BCUT2D eigenvalue weighted by molar-refractivity contribution is 7.89. The van der Waals surface area contributed by atoms with E-state index in [0.29, 0.717) is 16.1 Å². The number of hydrogen-bond donors (Lipinski definition) is 1. The fraction of sp³-hybridized carbons (Fsp3) is 0.208. The normalized spacial score (nSPS) is 14.4. The molecule has 1 N–H and O–H groups in total. The number of benzene rings is 3. The number of hydrogen-bond acceptors (Lipinski definition) is 7. The molecule has 13 heteroatoms. The van der Waals surface area contributed by atoms with Crippen molar-refractivity contribution in [2.24, 2.45) is 0 Å². The SMILES string of the molecule is O=C(c1ccc(CO)cc1)N1CCN(S(=O)(=O)c2cc([N+](=O)[O-])ccc2Oc2cc(Cl)ccc2Cl)CC1. The maximum absolute atomic E-state index is 13.6. The second-order valence-electron chi connectivity index (χ2n) is 8.12. The molecular weight excluding hydrogens is 545 g/mol. The monoisotopic (exact) mass is 565 g/mol. The van der Waals surface area contributed by atoms with Crippen LogP contribution in [0.25, 0.3) is 0 Å². The maximum atomic E-state index is 13.6. The molecule has 0 aliphatic carbocycles. The predicted octanol–water partition coefficient (Wildman–Crippen LogP) is 4.33. The van der Waals surface area contributed by atoms with Crippen molar-refractivity contribution in [3.63, 3.8) is 0 Å². The van der Waals surface area contributed by atoms with Crippen LogP contribution in [0, 0.1) is 10.1 Å². The Kier molecular flexibility index (Phi) is 8.00. The van der Waals surface area contributed by atoms with Gasteiger partial charge in [0.05, 0.1) is 16.6 Å². The van der Waals surface area contributed by atoms with Crippen molar-refractivity contribution in [1.29, 1.82) is 0 Å². The summed E-state index contributed by atoms with van der Waals surface area (Å²) in [5, 5.41) is 21.0. The van der Waals surface area contributed by atoms with Gasteiger partial charge in [-0.15, -0.1) is 0 Å². The average Bonchev–Trinajstić information content (AvgIpc) is 2.90. The molecule has 0 unspecified atom stereocenters. The number of aliphatic hydroxyl groups is 1. The second-order valence-corrected chi connectivity index (χ2v) is 10.9. The van der Waals surface area contributed by atoms with Gasteiger partial charge in [0.1, 0.15) is 16.4 Å². The lowest BCUT2D eigenvalue weighted by Crippen LogP contribution is -2.50. The number of sulfonamides is 1. The zero-order valence-corrected chi connectivity index (χ0v) is 21.5. The van der Waals surface area contributed by atoms with Gasteiger partial charge in [0.25, 0.3) is 11.6 Å². The zero-order chi connectivity index (χ0) is 26.7. The van der Waals surface area contributed by atoms with Crippen LogP contribution in [0.3, 0.4) is 0 Å². The number of nitro benzene ring substituents is 1. The van der Waals surface area contributed by atoms with Gasteiger partial charge in [-0.3, -0.25) is 14.9 Å². The molecule has 0 aromatic heterocycles. The van der Waals surface area contributed by atoms with Gasteiger partial charge in [-0.2, -0.15) is 4.31 Å². The number of aliphatic hydroxyl groups excluding tert-OH is 1. The first kappa shape index (κ1) is 26.8. The summed E-state index contributed by atoms with van der Waals surface area (Å²) >= 11 is 12.2. The minimum Gasteiger partial charge on any atom is -0.454 e. The van der Waals surface area contributed by atoms with Gasteiger partial charge < -0.3 is 14.7 Å². The third-order valence-corrected chi connectivity index (χ3v) is 8.25. The summed E-state index contributed by atoms with van der Waals surface area (Å²) in [6, 6.07) is 14.2. The fourth-order valence-corrected chi connectivity index (χ4v) is 5.65. The van der Waals surface area contributed by atoms with Crippen LogP contribution >= 0.6 is 23.2 Å². The number of halogens is 2. The number of rotatable bonds is 7. The quantitative estimate of drug-likeness (QED) is 0.333. The van der Waals surface area contributed by atoms with E-state index in [9.17, 15) is 28.4 Å². The molecule has 1 heterocycles. The highest BCUT2D eigenvalue weighted by Crippen LogP contribution is 2.37. The highest BCUT2D eigenvalue weighted by Gasteiger charge is 2.34. The van der Waals surface area contributed by atoms with Gasteiger partial charge in [0.2, 0.25) is 10.0 Å². The molecule has 3 aromatic rings. The number of carbonyl (C=O) groups excluding carboxylic acids is 1. The third-order valence-electron chi connectivity index (χ3n) is 5.78. The van der Waals surface area contributed by atoms with Crippen LogP contribution in [-0.2, 0) is 16.6 Å². The fourth-order valence-electron chi connectivity index (χ4n) is 3.78. The molecule has 0 saturated carbocycles. The molecule has 37 heavy (non-hydrogen) atoms. The van der Waals surface area contributed by atoms with E-state index in [4.69, 9.17) is 27.9 Å². The number of nitrogens with zero attached hydrogens (tertiary/aromatic N) is 3. The molecule has 1 aliphatic heterocycles. The molecule has 3 aromatic carbocycles. The summed E-state index contributed by atoms with van der Waals surface area (Å²) in [6.07, 6.45) is 0. The number of piperazine rings is 1. The van der Waals surface area contributed by atoms with Crippen LogP contribution in [0.1, 0.15) is 15.9 Å². The van der Waals surface area contributed by atoms with Crippen molar-refractivity contribution >= 4 is 44.8 Å². The lowest BCUT2D eigenvalue weighted by Gasteiger charge is -2.34. The maximum Gasteiger partial charge on any atom is 0.271 e. The highest BCUT2D eigenvalue weighted by atomic mass is 35.5. The van der Waals surface area contributed by atoms with Crippen LogP contribution in [0.5, 0.6) is 11.5 Å². The first-order valence-corrected chi connectivity index (χ1v) is 13.2. The van der Waals surface area contributed by atoms with E-state index in [0.717, 1.165) is 16.4 Å². The molecule has 1 fully saturated rings. The second kappa shape index (κ2) is 11.0. The minimum absolute atomic E-state index is 0.0250. The van der Waals surface area contributed by atoms with E-state index < -0.39 is 25.5 Å². The minimum atomic E-state index is -4.25. The Morgan fingerprint density at radius 3 is 2.27 bits per heavy atom. The van der Waals surface area contributed by atoms with Crippen molar-refractivity contribution in [2.45, 2.75) is 11.5 Å². The molecule has 1 amide bonds. The van der Waals surface area contributed by atoms with Crippen molar-refractivity contribution in [1.82, 2.24) is 9.21 Å². The predicted molar refractivity (Wildman–Crippen MR) is 137 cm³/mol. The molecule has 194 valence electrons. The van der Waals surface area contributed by atoms with E-state index in [1.54, 1.807) is 24.3 Å². The number of non-ortho nitro benzene ring substituents is 1. The van der Waals surface area contributed by atoms with Crippen molar-refractivity contribution in [2.75, 3.05) is 26.2 Å². The summed E-state index contributed by atoms with van der Waals surface area (Å²) in [5.41, 5.74) is 0.658.